The SMILES string of the molecule is CC(O)C1CCN(C(=O)NCC(c2ccccc2)N(C)C)CC1. The van der Waals surface area contributed by atoms with Crippen molar-refractivity contribution in [3.8, 4) is 0 Å². The first-order valence-corrected chi connectivity index (χ1v) is 8.41. The first-order chi connectivity index (χ1) is 11.0. The van der Waals surface area contributed by atoms with Crippen LogP contribution in [0.2, 0.25) is 0 Å². The summed E-state index contributed by atoms with van der Waals surface area (Å²) in [6.07, 6.45) is 1.47. The van der Waals surface area contributed by atoms with Gasteiger partial charge in [0, 0.05) is 19.6 Å². The normalized spacial score (nSPS) is 18.7. The molecule has 0 radical (unpaired) electrons. The number of nitrogens with zero attached hydrogens (tertiary/aromatic N) is 2. The summed E-state index contributed by atoms with van der Waals surface area (Å²) in [6.45, 7) is 3.87. The lowest BCUT2D eigenvalue weighted by molar-refractivity contribution is 0.0795. The van der Waals surface area contributed by atoms with E-state index in [-0.39, 0.29) is 18.2 Å². The Morgan fingerprint density at radius 1 is 1.30 bits per heavy atom. The number of hydrogen-bond donors (Lipinski definition) is 2. The molecule has 128 valence electrons. The van der Waals surface area contributed by atoms with Crippen molar-refractivity contribution in [3.63, 3.8) is 0 Å². The number of aliphatic hydroxyl groups excluding tert-OH is 1. The van der Waals surface area contributed by atoms with E-state index in [9.17, 15) is 9.90 Å². The van der Waals surface area contributed by atoms with Crippen molar-refractivity contribution in [2.75, 3.05) is 33.7 Å². The quantitative estimate of drug-likeness (QED) is 0.874. The van der Waals surface area contributed by atoms with Crippen LogP contribution in [0.5, 0.6) is 0 Å². The zero-order chi connectivity index (χ0) is 16.8. The van der Waals surface area contributed by atoms with Crippen LogP contribution in [0.15, 0.2) is 30.3 Å². The molecule has 1 saturated heterocycles. The van der Waals surface area contributed by atoms with Crippen LogP contribution in [-0.2, 0) is 0 Å². The number of aliphatic hydroxyl groups is 1. The lowest BCUT2D eigenvalue weighted by Gasteiger charge is -2.34. The molecule has 1 aliphatic rings. The lowest BCUT2D eigenvalue weighted by atomic mass is 9.92. The van der Waals surface area contributed by atoms with Crippen LogP contribution in [0.1, 0.15) is 31.4 Å². The number of carbonyl (C=O) groups excluding carboxylic acids is 1. The van der Waals surface area contributed by atoms with Crippen molar-refractivity contribution in [3.05, 3.63) is 35.9 Å². The van der Waals surface area contributed by atoms with Gasteiger partial charge in [-0.15, -0.1) is 0 Å². The smallest absolute Gasteiger partial charge is 0.317 e. The third-order valence-corrected chi connectivity index (χ3v) is 4.76. The van der Waals surface area contributed by atoms with Gasteiger partial charge in [-0.1, -0.05) is 30.3 Å². The molecule has 5 nitrogen and oxygen atoms in total. The zero-order valence-corrected chi connectivity index (χ0v) is 14.4. The highest BCUT2D eigenvalue weighted by atomic mass is 16.3. The number of rotatable bonds is 5. The average molecular weight is 319 g/mol. The predicted octanol–water partition coefficient (Wildman–Crippen LogP) is 2.09. The Kier molecular flexibility index (Phi) is 6.42. The number of hydrogen-bond acceptors (Lipinski definition) is 3. The molecule has 0 saturated carbocycles. The van der Waals surface area contributed by atoms with Crippen LogP contribution in [0, 0.1) is 5.92 Å². The van der Waals surface area contributed by atoms with Crippen molar-refractivity contribution in [1.82, 2.24) is 15.1 Å². The van der Waals surface area contributed by atoms with E-state index in [0.717, 1.165) is 25.9 Å². The molecule has 0 aliphatic carbocycles. The minimum absolute atomic E-state index is 0.00294. The highest BCUT2D eigenvalue weighted by molar-refractivity contribution is 5.74. The van der Waals surface area contributed by atoms with Gasteiger partial charge in [0.2, 0.25) is 0 Å². The Balaban J connectivity index is 1.85. The molecule has 2 unspecified atom stereocenters. The molecule has 1 heterocycles. The number of likely N-dealkylation sites (tertiary alicyclic amines) is 1. The van der Waals surface area contributed by atoms with Gasteiger partial charge in [-0.2, -0.15) is 0 Å². The number of carbonyl (C=O) groups is 1. The van der Waals surface area contributed by atoms with E-state index in [1.54, 1.807) is 0 Å². The predicted molar refractivity (Wildman–Crippen MR) is 92.2 cm³/mol. The van der Waals surface area contributed by atoms with Crippen molar-refractivity contribution < 1.29 is 9.90 Å². The highest BCUT2D eigenvalue weighted by Crippen LogP contribution is 2.21. The molecule has 2 atom stereocenters. The standard InChI is InChI=1S/C18H29N3O2/c1-14(22)15-9-11-21(12-10-15)18(23)19-13-17(20(2)3)16-7-5-4-6-8-16/h4-8,14-15,17,22H,9-13H2,1-3H3,(H,19,23). The molecule has 1 aromatic carbocycles. The molecular weight excluding hydrogens is 290 g/mol. The van der Waals surface area contributed by atoms with Crippen LogP contribution in [0.4, 0.5) is 4.79 Å². The van der Waals surface area contributed by atoms with Crippen molar-refractivity contribution >= 4 is 6.03 Å². The molecule has 2 rings (SSSR count). The van der Waals surface area contributed by atoms with Crippen LogP contribution < -0.4 is 5.32 Å². The molecule has 1 fully saturated rings. The fourth-order valence-corrected chi connectivity index (χ4v) is 3.15. The summed E-state index contributed by atoms with van der Waals surface area (Å²) in [5.41, 5.74) is 1.20. The summed E-state index contributed by atoms with van der Waals surface area (Å²) in [5.74, 6) is 0.317. The molecule has 0 aromatic heterocycles. The van der Waals surface area contributed by atoms with Gasteiger partial charge in [-0.05, 0) is 45.3 Å². The summed E-state index contributed by atoms with van der Waals surface area (Å²) >= 11 is 0. The topological polar surface area (TPSA) is 55.8 Å². The maximum absolute atomic E-state index is 12.4. The summed E-state index contributed by atoms with van der Waals surface area (Å²) in [4.78, 5) is 16.3. The number of amides is 2. The van der Waals surface area contributed by atoms with Gasteiger partial charge in [0.15, 0.2) is 0 Å². The fourth-order valence-electron chi connectivity index (χ4n) is 3.15. The second kappa shape index (κ2) is 8.31. The molecule has 0 bridgehead atoms. The van der Waals surface area contributed by atoms with Gasteiger partial charge >= 0.3 is 6.03 Å². The monoisotopic (exact) mass is 319 g/mol. The van der Waals surface area contributed by atoms with E-state index in [4.69, 9.17) is 0 Å². The summed E-state index contributed by atoms with van der Waals surface area (Å²) in [7, 11) is 4.05. The van der Waals surface area contributed by atoms with Gasteiger partial charge < -0.3 is 20.2 Å². The molecular formula is C18H29N3O2. The van der Waals surface area contributed by atoms with E-state index >= 15 is 0 Å². The zero-order valence-electron chi connectivity index (χ0n) is 14.4. The molecule has 2 amide bonds. The minimum Gasteiger partial charge on any atom is -0.393 e. The minimum atomic E-state index is -0.281. The number of urea groups is 1. The van der Waals surface area contributed by atoms with E-state index < -0.39 is 0 Å². The summed E-state index contributed by atoms with van der Waals surface area (Å²) in [5, 5.41) is 12.7. The lowest BCUT2D eigenvalue weighted by Crippen LogP contribution is -2.47. The van der Waals surface area contributed by atoms with Gasteiger partial charge in [0.25, 0.3) is 0 Å². The molecule has 1 aliphatic heterocycles. The number of nitrogens with one attached hydrogen (secondary N) is 1. The van der Waals surface area contributed by atoms with Gasteiger partial charge in [0.05, 0.1) is 12.1 Å². The molecule has 5 heteroatoms. The molecule has 0 spiro atoms. The van der Waals surface area contributed by atoms with Crippen LogP contribution >= 0.6 is 0 Å². The largest absolute Gasteiger partial charge is 0.393 e. The van der Waals surface area contributed by atoms with Crippen LogP contribution in [-0.4, -0.2) is 60.8 Å². The average Bonchev–Trinajstić information content (AvgIpc) is 2.55. The van der Waals surface area contributed by atoms with Gasteiger partial charge in [0.1, 0.15) is 0 Å². The first kappa shape index (κ1) is 17.8. The highest BCUT2D eigenvalue weighted by Gasteiger charge is 2.26. The van der Waals surface area contributed by atoms with E-state index in [0.29, 0.717) is 12.5 Å². The maximum atomic E-state index is 12.4. The molecule has 2 N–H and O–H groups in total. The van der Waals surface area contributed by atoms with Crippen molar-refractivity contribution in [2.24, 2.45) is 5.92 Å². The Hall–Kier alpha value is -1.59. The Morgan fingerprint density at radius 3 is 2.43 bits per heavy atom. The second-order valence-electron chi connectivity index (χ2n) is 6.64. The Morgan fingerprint density at radius 2 is 1.91 bits per heavy atom. The second-order valence-corrected chi connectivity index (χ2v) is 6.64. The summed E-state index contributed by atoms with van der Waals surface area (Å²) < 4.78 is 0. The van der Waals surface area contributed by atoms with E-state index in [1.807, 2.05) is 44.1 Å². The van der Waals surface area contributed by atoms with Crippen LogP contribution in [0.25, 0.3) is 0 Å². The molecule has 23 heavy (non-hydrogen) atoms. The number of piperidine rings is 1. The summed E-state index contributed by atoms with van der Waals surface area (Å²) in [6, 6.07) is 10.4. The number of benzene rings is 1. The Labute approximate surface area is 139 Å². The third-order valence-electron chi connectivity index (χ3n) is 4.76. The van der Waals surface area contributed by atoms with Crippen molar-refractivity contribution in [1.29, 1.82) is 0 Å². The Bertz CT molecular complexity index is 482. The fraction of sp³-hybridized carbons (Fsp3) is 0.611. The third kappa shape index (κ3) is 4.94. The maximum Gasteiger partial charge on any atom is 0.317 e. The number of likely N-dealkylation sites (N-methyl/N-ethyl adjacent to an activating group) is 1. The van der Waals surface area contributed by atoms with E-state index in [1.165, 1.54) is 5.56 Å². The van der Waals surface area contributed by atoms with E-state index in [2.05, 4.69) is 22.3 Å². The first-order valence-electron chi connectivity index (χ1n) is 8.41. The van der Waals surface area contributed by atoms with Gasteiger partial charge in [-0.25, -0.2) is 4.79 Å². The molecule has 1 aromatic rings. The van der Waals surface area contributed by atoms with Gasteiger partial charge in [-0.3, -0.25) is 0 Å². The van der Waals surface area contributed by atoms with Crippen molar-refractivity contribution in [2.45, 2.75) is 31.9 Å². The van der Waals surface area contributed by atoms with Crippen LogP contribution in [0.3, 0.4) is 0 Å².